The van der Waals surface area contributed by atoms with E-state index >= 15 is 0 Å². The van der Waals surface area contributed by atoms with Crippen molar-refractivity contribution in [2.45, 2.75) is 25.0 Å². The molecule has 3 heterocycles. The van der Waals surface area contributed by atoms with Crippen LogP contribution in [0.1, 0.15) is 12.8 Å². The number of benzene rings is 1. The Morgan fingerprint density at radius 1 is 1.00 bits per heavy atom. The molecule has 1 aromatic rings. The standard InChI is InChI=1S/C16H17NO2/c18-16-13-12(8-17(16)9-4-2-1-3-5-9)14-10-6-7-11(10)15(13)19-14/h1-5,10-15H,6-8H2/t10-,11+,12-,13+,14+,15-/m0/s1. The molecular formula is C16H17NO2. The van der Waals surface area contributed by atoms with Gasteiger partial charge in [-0.1, -0.05) is 18.2 Å². The predicted molar refractivity (Wildman–Crippen MR) is 70.7 cm³/mol. The summed E-state index contributed by atoms with van der Waals surface area (Å²) in [7, 11) is 0. The Balaban J connectivity index is 1.50. The lowest BCUT2D eigenvalue weighted by Crippen LogP contribution is -2.45. The molecule has 1 aliphatic carbocycles. The monoisotopic (exact) mass is 255 g/mol. The van der Waals surface area contributed by atoms with Gasteiger partial charge in [0.1, 0.15) is 0 Å². The quantitative estimate of drug-likeness (QED) is 0.769. The van der Waals surface area contributed by atoms with Gasteiger partial charge in [-0.25, -0.2) is 0 Å². The smallest absolute Gasteiger partial charge is 0.233 e. The number of hydrogen-bond donors (Lipinski definition) is 0. The molecule has 1 saturated carbocycles. The fraction of sp³-hybridized carbons (Fsp3) is 0.562. The topological polar surface area (TPSA) is 29.5 Å². The molecule has 1 amide bonds. The van der Waals surface area contributed by atoms with Crippen molar-refractivity contribution in [3.63, 3.8) is 0 Å². The predicted octanol–water partition coefficient (Wildman–Crippen LogP) is 2.07. The van der Waals surface area contributed by atoms with E-state index in [4.69, 9.17) is 4.74 Å². The minimum Gasteiger partial charge on any atom is -0.373 e. The summed E-state index contributed by atoms with van der Waals surface area (Å²) in [6.45, 7) is 0.859. The van der Waals surface area contributed by atoms with E-state index < -0.39 is 0 Å². The van der Waals surface area contributed by atoms with Crippen molar-refractivity contribution < 1.29 is 9.53 Å². The highest BCUT2D eigenvalue weighted by Crippen LogP contribution is 2.60. The van der Waals surface area contributed by atoms with Crippen LogP contribution in [-0.4, -0.2) is 24.7 Å². The number of nitrogens with zero attached hydrogens (tertiary/aromatic N) is 1. The third-order valence-corrected chi connectivity index (χ3v) is 5.79. The fourth-order valence-electron chi connectivity index (χ4n) is 4.83. The second-order valence-electron chi connectivity index (χ2n) is 6.44. The molecule has 3 nitrogen and oxygen atoms in total. The van der Waals surface area contributed by atoms with Gasteiger partial charge in [-0.2, -0.15) is 0 Å². The number of amides is 1. The zero-order chi connectivity index (χ0) is 12.6. The molecule has 3 aliphatic heterocycles. The molecule has 0 aromatic heterocycles. The highest BCUT2D eigenvalue weighted by atomic mass is 16.5. The molecule has 1 aromatic carbocycles. The van der Waals surface area contributed by atoms with Gasteiger partial charge in [-0.05, 0) is 36.8 Å². The SMILES string of the molecule is O=C1[C@@H]2[C@H](CN1c1ccccc1)[C@@H]1O[C@H]2[C@@H]2CC[C@@H]21. The number of ether oxygens (including phenoxy) is 1. The van der Waals surface area contributed by atoms with E-state index in [1.54, 1.807) is 0 Å². The average Bonchev–Trinajstić information content (AvgIpc) is 2.97. The number of para-hydroxylation sites is 1. The van der Waals surface area contributed by atoms with E-state index in [0.717, 1.165) is 18.2 Å². The first-order valence-corrected chi connectivity index (χ1v) is 7.36. The van der Waals surface area contributed by atoms with Crippen LogP contribution in [0, 0.1) is 23.7 Å². The summed E-state index contributed by atoms with van der Waals surface area (Å²) in [5, 5.41) is 0. The second-order valence-corrected chi connectivity index (χ2v) is 6.44. The van der Waals surface area contributed by atoms with Gasteiger partial charge in [0.15, 0.2) is 0 Å². The van der Waals surface area contributed by atoms with Crippen molar-refractivity contribution in [2.75, 3.05) is 11.4 Å². The first-order chi connectivity index (χ1) is 9.34. The molecule has 3 heteroatoms. The molecule has 98 valence electrons. The molecule has 5 rings (SSSR count). The summed E-state index contributed by atoms with van der Waals surface area (Å²) in [4.78, 5) is 14.7. The maximum Gasteiger partial charge on any atom is 0.233 e. The van der Waals surface area contributed by atoms with E-state index in [-0.39, 0.29) is 12.0 Å². The number of carbonyl (C=O) groups excluding carboxylic acids is 1. The van der Waals surface area contributed by atoms with Gasteiger partial charge in [0, 0.05) is 18.2 Å². The Hall–Kier alpha value is -1.35. The van der Waals surface area contributed by atoms with Crippen molar-refractivity contribution in [3.05, 3.63) is 30.3 Å². The van der Waals surface area contributed by atoms with Crippen LogP contribution >= 0.6 is 0 Å². The summed E-state index contributed by atoms with van der Waals surface area (Å²) < 4.78 is 6.13. The van der Waals surface area contributed by atoms with Crippen LogP contribution in [-0.2, 0) is 9.53 Å². The number of carbonyl (C=O) groups is 1. The Morgan fingerprint density at radius 3 is 2.47 bits per heavy atom. The number of anilines is 1. The fourth-order valence-corrected chi connectivity index (χ4v) is 4.83. The van der Waals surface area contributed by atoms with Gasteiger partial charge in [-0.15, -0.1) is 0 Å². The summed E-state index contributed by atoms with van der Waals surface area (Å²) in [6.07, 6.45) is 3.18. The van der Waals surface area contributed by atoms with Crippen molar-refractivity contribution in [2.24, 2.45) is 23.7 Å². The van der Waals surface area contributed by atoms with Crippen molar-refractivity contribution in [1.82, 2.24) is 0 Å². The first kappa shape index (κ1) is 10.4. The second kappa shape index (κ2) is 3.40. The van der Waals surface area contributed by atoms with Crippen molar-refractivity contribution in [1.29, 1.82) is 0 Å². The van der Waals surface area contributed by atoms with Crippen LogP contribution in [0.15, 0.2) is 30.3 Å². The molecule has 3 saturated heterocycles. The van der Waals surface area contributed by atoms with Crippen molar-refractivity contribution >= 4 is 11.6 Å². The summed E-state index contributed by atoms with van der Waals surface area (Å²) in [5.41, 5.74) is 1.05. The van der Waals surface area contributed by atoms with E-state index in [1.807, 2.05) is 35.2 Å². The van der Waals surface area contributed by atoms with E-state index in [2.05, 4.69) is 0 Å². The Morgan fingerprint density at radius 2 is 1.74 bits per heavy atom. The molecule has 2 bridgehead atoms. The lowest BCUT2D eigenvalue weighted by atomic mass is 9.60. The molecule has 19 heavy (non-hydrogen) atoms. The normalized spacial score (nSPS) is 46.1. The van der Waals surface area contributed by atoms with Gasteiger partial charge in [0.2, 0.25) is 5.91 Å². The molecule has 6 atom stereocenters. The van der Waals surface area contributed by atoms with Crippen LogP contribution in [0.4, 0.5) is 5.69 Å². The van der Waals surface area contributed by atoms with Gasteiger partial charge >= 0.3 is 0 Å². The molecular weight excluding hydrogens is 238 g/mol. The van der Waals surface area contributed by atoms with Crippen LogP contribution in [0.3, 0.4) is 0 Å². The Labute approximate surface area is 112 Å². The van der Waals surface area contributed by atoms with Crippen LogP contribution < -0.4 is 4.90 Å². The molecule has 0 spiro atoms. The van der Waals surface area contributed by atoms with Crippen LogP contribution in [0.5, 0.6) is 0 Å². The summed E-state index contributed by atoms with van der Waals surface area (Å²) in [6, 6.07) is 10.1. The lowest BCUT2D eigenvalue weighted by molar-refractivity contribution is -0.123. The zero-order valence-corrected chi connectivity index (χ0v) is 10.7. The van der Waals surface area contributed by atoms with Gasteiger partial charge < -0.3 is 9.64 Å². The van der Waals surface area contributed by atoms with E-state index in [1.165, 1.54) is 12.8 Å². The minimum absolute atomic E-state index is 0.145. The third-order valence-electron chi connectivity index (χ3n) is 5.79. The van der Waals surface area contributed by atoms with Gasteiger partial charge in [-0.3, -0.25) is 4.79 Å². The Bertz CT molecular complexity index is 543. The molecule has 4 fully saturated rings. The van der Waals surface area contributed by atoms with Gasteiger partial charge in [0.05, 0.1) is 18.1 Å². The van der Waals surface area contributed by atoms with Gasteiger partial charge in [0.25, 0.3) is 0 Å². The minimum atomic E-state index is 0.145. The summed E-state index contributed by atoms with van der Waals surface area (Å²) >= 11 is 0. The highest BCUT2D eigenvalue weighted by Gasteiger charge is 2.67. The van der Waals surface area contributed by atoms with Crippen molar-refractivity contribution in [3.8, 4) is 0 Å². The summed E-state index contributed by atoms with van der Waals surface area (Å²) in [5.74, 6) is 2.33. The van der Waals surface area contributed by atoms with Crippen LogP contribution in [0.25, 0.3) is 0 Å². The Kier molecular flexibility index (Phi) is 1.87. The maximum absolute atomic E-state index is 12.7. The third kappa shape index (κ3) is 1.15. The van der Waals surface area contributed by atoms with E-state index in [0.29, 0.717) is 23.8 Å². The molecule has 0 radical (unpaired) electrons. The number of fused-ring (bicyclic) bond motifs is 8. The average molecular weight is 255 g/mol. The molecule has 4 aliphatic rings. The molecule has 0 N–H and O–H groups in total. The number of hydrogen-bond acceptors (Lipinski definition) is 2. The van der Waals surface area contributed by atoms with E-state index in [9.17, 15) is 4.79 Å². The van der Waals surface area contributed by atoms with Crippen LogP contribution in [0.2, 0.25) is 0 Å². The maximum atomic E-state index is 12.7. The largest absolute Gasteiger partial charge is 0.373 e. The highest BCUT2D eigenvalue weighted by molar-refractivity contribution is 5.98. The zero-order valence-electron chi connectivity index (χ0n) is 10.7. The number of rotatable bonds is 1. The lowest BCUT2D eigenvalue weighted by Gasteiger charge is -2.40. The first-order valence-electron chi connectivity index (χ1n) is 7.36. The molecule has 0 unspecified atom stereocenters.